The summed E-state index contributed by atoms with van der Waals surface area (Å²) in [6, 6.07) is 13.3. The van der Waals surface area contributed by atoms with Crippen LogP contribution in [0, 0.1) is 13.8 Å². The second-order valence-electron chi connectivity index (χ2n) is 5.66. The zero-order valence-corrected chi connectivity index (χ0v) is 13.4. The van der Waals surface area contributed by atoms with Gasteiger partial charge >= 0.3 is 0 Å². The second kappa shape index (κ2) is 6.43. The van der Waals surface area contributed by atoms with Crippen molar-refractivity contribution in [1.29, 1.82) is 0 Å². The molecule has 0 saturated heterocycles. The maximum atomic E-state index is 6.41. The summed E-state index contributed by atoms with van der Waals surface area (Å²) in [4.78, 5) is 0. The Kier molecular flexibility index (Phi) is 4.85. The zero-order valence-electron chi connectivity index (χ0n) is 12.6. The van der Waals surface area contributed by atoms with Gasteiger partial charge in [0.1, 0.15) is 0 Å². The summed E-state index contributed by atoms with van der Waals surface area (Å²) in [6.07, 6.45) is 0. The highest BCUT2D eigenvalue weighted by Crippen LogP contribution is 2.28. The monoisotopic (exact) mass is 287 g/mol. The van der Waals surface area contributed by atoms with E-state index in [0.29, 0.717) is 6.04 Å². The third-order valence-corrected chi connectivity index (χ3v) is 3.80. The smallest absolute Gasteiger partial charge is 0.0457 e. The molecule has 106 valence electrons. The fourth-order valence-electron chi connectivity index (χ4n) is 2.31. The van der Waals surface area contributed by atoms with E-state index in [1.165, 1.54) is 22.3 Å². The minimum atomic E-state index is 0.463. The number of benzene rings is 2. The Morgan fingerprint density at radius 3 is 2.40 bits per heavy atom. The summed E-state index contributed by atoms with van der Waals surface area (Å²) in [5.74, 6) is 0. The van der Waals surface area contributed by atoms with Crippen LogP contribution in [0.5, 0.6) is 0 Å². The lowest BCUT2D eigenvalue weighted by molar-refractivity contribution is 0.589. The molecular weight excluding hydrogens is 266 g/mol. The van der Waals surface area contributed by atoms with Crippen LogP contribution in [0.3, 0.4) is 0 Å². The molecule has 2 rings (SSSR count). The highest BCUT2D eigenvalue weighted by molar-refractivity contribution is 6.31. The summed E-state index contributed by atoms with van der Waals surface area (Å²) in [5.41, 5.74) is 6.15. The van der Waals surface area contributed by atoms with Crippen molar-refractivity contribution in [3.63, 3.8) is 0 Å². The molecule has 0 fully saturated rings. The highest BCUT2D eigenvalue weighted by Gasteiger charge is 2.06. The van der Waals surface area contributed by atoms with E-state index in [9.17, 15) is 0 Å². The van der Waals surface area contributed by atoms with Gasteiger partial charge in [-0.05, 0) is 42.2 Å². The predicted molar refractivity (Wildman–Crippen MR) is 88.3 cm³/mol. The van der Waals surface area contributed by atoms with Gasteiger partial charge in [0.2, 0.25) is 0 Å². The fraction of sp³-hybridized carbons (Fsp3) is 0.333. The average Bonchev–Trinajstić information content (AvgIpc) is 2.37. The molecule has 0 amide bonds. The molecule has 0 aliphatic heterocycles. The molecule has 0 saturated carbocycles. The summed E-state index contributed by atoms with van der Waals surface area (Å²) < 4.78 is 0. The van der Waals surface area contributed by atoms with Gasteiger partial charge in [0.25, 0.3) is 0 Å². The Labute approximate surface area is 127 Å². The fourth-order valence-corrected chi connectivity index (χ4v) is 2.56. The molecule has 1 nitrogen and oxygen atoms in total. The third-order valence-electron chi connectivity index (χ3n) is 3.45. The number of hydrogen-bond acceptors (Lipinski definition) is 1. The minimum absolute atomic E-state index is 0.463. The summed E-state index contributed by atoms with van der Waals surface area (Å²) >= 11 is 6.41. The zero-order chi connectivity index (χ0) is 14.7. The van der Waals surface area contributed by atoms with Gasteiger partial charge < -0.3 is 5.32 Å². The van der Waals surface area contributed by atoms with Crippen LogP contribution in [0.4, 0.5) is 0 Å². The molecule has 0 aliphatic carbocycles. The van der Waals surface area contributed by atoms with Gasteiger partial charge in [-0.15, -0.1) is 0 Å². The Bertz CT molecular complexity index is 602. The van der Waals surface area contributed by atoms with Crippen LogP contribution in [0.2, 0.25) is 5.02 Å². The molecule has 2 heteroatoms. The van der Waals surface area contributed by atoms with Gasteiger partial charge in [-0.25, -0.2) is 0 Å². The van der Waals surface area contributed by atoms with Crippen molar-refractivity contribution in [2.24, 2.45) is 0 Å². The van der Waals surface area contributed by atoms with E-state index in [2.05, 4.69) is 69.4 Å². The maximum Gasteiger partial charge on any atom is 0.0457 e. The van der Waals surface area contributed by atoms with Crippen molar-refractivity contribution in [2.45, 2.75) is 40.3 Å². The highest BCUT2D eigenvalue weighted by atomic mass is 35.5. The molecule has 0 bridgehead atoms. The standard InChI is InChI=1S/C18H22ClN/c1-12(2)20-11-16-7-6-15(10-18(16)19)17-8-5-13(3)9-14(17)4/h5-10,12,20H,11H2,1-4H3. The Morgan fingerprint density at radius 2 is 1.80 bits per heavy atom. The first kappa shape index (κ1) is 15.1. The van der Waals surface area contributed by atoms with Gasteiger partial charge in [0.05, 0.1) is 0 Å². The van der Waals surface area contributed by atoms with Gasteiger partial charge in [0.15, 0.2) is 0 Å². The lowest BCUT2D eigenvalue weighted by atomic mass is 9.98. The van der Waals surface area contributed by atoms with E-state index in [1.807, 2.05) is 0 Å². The van der Waals surface area contributed by atoms with Crippen LogP contribution >= 0.6 is 11.6 Å². The average molecular weight is 288 g/mol. The van der Waals surface area contributed by atoms with Crippen LogP contribution in [0.1, 0.15) is 30.5 Å². The minimum Gasteiger partial charge on any atom is -0.310 e. The second-order valence-corrected chi connectivity index (χ2v) is 6.07. The Morgan fingerprint density at radius 1 is 1.05 bits per heavy atom. The topological polar surface area (TPSA) is 12.0 Å². The van der Waals surface area contributed by atoms with Crippen LogP contribution in [-0.4, -0.2) is 6.04 Å². The number of nitrogens with one attached hydrogen (secondary N) is 1. The largest absolute Gasteiger partial charge is 0.310 e. The summed E-state index contributed by atoms with van der Waals surface area (Å²) in [6.45, 7) is 9.34. The molecule has 0 unspecified atom stereocenters. The van der Waals surface area contributed by atoms with Gasteiger partial charge in [-0.1, -0.05) is 61.3 Å². The molecule has 1 N–H and O–H groups in total. The van der Waals surface area contributed by atoms with E-state index in [4.69, 9.17) is 11.6 Å². The number of hydrogen-bond donors (Lipinski definition) is 1. The van der Waals surface area contributed by atoms with Crippen LogP contribution < -0.4 is 5.32 Å². The lowest BCUT2D eigenvalue weighted by Crippen LogP contribution is -2.21. The Balaban J connectivity index is 2.28. The van der Waals surface area contributed by atoms with E-state index >= 15 is 0 Å². The molecule has 0 aromatic heterocycles. The van der Waals surface area contributed by atoms with Crippen LogP contribution in [0.15, 0.2) is 36.4 Å². The van der Waals surface area contributed by atoms with Crippen LogP contribution in [-0.2, 0) is 6.54 Å². The van der Waals surface area contributed by atoms with Crippen molar-refractivity contribution >= 4 is 11.6 Å². The van der Waals surface area contributed by atoms with Gasteiger partial charge in [-0.3, -0.25) is 0 Å². The normalized spacial score (nSPS) is 11.1. The summed E-state index contributed by atoms with van der Waals surface area (Å²) in [7, 11) is 0. The number of halogens is 1. The lowest BCUT2D eigenvalue weighted by Gasteiger charge is -2.12. The number of aryl methyl sites for hydroxylation is 2. The summed E-state index contributed by atoms with van der Waals surface area (Å²) in [5, 5.41) is 4.23. The Hall–Kier alpha value is -1.31. The van der Waals surface area contributed by atoms with Gasteiger partial charge in [-0.2, -0.15) is 0 Å². The maximum absolute atomic E-state index is 6.41. The molecule has 0 atom stereocenters. The quantitative estimate of drug-likeness (QED) is 0.823. The molecule has 0 aliphatic rings. The van der Waals surface area contributed by atoms with E-state index < -0.39 is 0 Å². The molecule has 2 aromatic carbocycles. The first-order valence-electron chi connectivity index (χ1n) is 7.07. The van der Waals surface area contributed by atoms with Crippen molar-refractivity contribution in [1.82, 2.24) is 5.32 Å². The molecular formula is C18H22ClN. The van der Waals surface area contributed by atoms with Crippen molar-refractivity contribution in [3.8, 4) is 11.1 Å². The first-order valence-corrected chi connectivity index (χ1v) is 7.44. The first-order chi connectivity index (χ1) is 9.47. The number of rotatable bonds is 4. The van der Waals surface area contributed by atoms with Crippen LogP contribution in [0.25, 0.3) is 11.1 Å². The predicted octanol–water partition coefficient (Wildman–Crippen LogP) is 5.12. The van der Waals surface area contributed by atoms with E-state index in [-0.39, 0.29) is 0 Å². The molecule has 20 heavy (non-hydrogen) atoms. The molecule has 2 aromatic rings. The molecule has 0 heterocycles. The van der Waals surface area contributed by atoms with Gasteiger partial charge in [0, 0.05) is 17.6 Å². The molecule has 0 radical (unpaired) electrons. The van der Waals surface area contributed by atoms with E-state index in [0.717, 1.165) is 17.1 Å². The van der Waals surface area contributed by atoms with Crippen molar-refractivity contribution in [3.05, 3.63) is 58.1 Å². The third kappa shape index (κ3) is 3.62. The molecule has 0 spiro atoms. The SMILES string of the molecule is Cc1ccc(-c2ccc(CNC(C)C)c(Cl)c2)c(C)c1. The van der Waals surface area contributed by atoms with Crippen molar-refractivity contribution < 1.29 is 0 Å². The van der Waals surface area contributed by atoms with Crippen molar-refractivity contribution in [2.75, 3.05) is 0 Å². The van der Waals surface area contributed by atoms with E-state index in [1.54, 1.807) is 0 Å².